The molecule has 0 aromatic heterocycles. The Hall–Kier alpha value is -1.06. The summed E-state index contributed by atoms with van der Waals surface area (Å²) >= 11 is 0. The molecule has 1 atom stereocenters. The largest absolute Gasteiger partial charge is 0.508 e. The first-order valence-electron chi connectivity index (χ1n) is 6.51. The maximum absolute atomic E-state index is 9.47. The molecule has 1 unspecified atom stereocenters. The first kappa shape index (κ1) is 12.4. The molecule has 17 heavy (non-hydrogen) atoms. The SMILES string of the molecule is CCC1CN(Cc2cccc(O)c2)CCCN1. The Morgan fingerprint density at radius 2 is 2.35 bits per heavy atom. The molecular weight excluding hydrogens is 212 g/mol. The highest BCUT2D eigenvalue weighted by Crippen LogP contribution is 2.14. The van der Waals surface area contributed by atoms with Gasteiger partial charge in [0.15, 0.2) is 0 Å². The summed E-state index contributed by atoms with van der Waals surface area (Å²) in [4.78, 5) is 2.48. The van der Waals surface area contributed by atoms with Crippen LogP contribution >= 0.6 is 0 Å². The van der Waals surface area contributed by atoms with Gasteiger partial charge in [0.25, 0.3) is 0 Å². The molecule has 0 aliphatic carbocycles. The van der Waals surface area contributed by atoms with Crippen LogP contribution in [0.1, 0.15) is 25.3 Å². The molecule has 2 N–H and O–H groups in total. The predicted molar refractivity (Wildman–Crippen MR) is 70.1 cm³/mol. The smallest absolute Gasteiger partial charge is 0.115 e. The normalized spacial score (nSPS) is 22.3. The molecule has 1 aromatic rings. The number of nitrogens with zero attached hydrogens (tertiary/aromatic N) is 1. The van der Waals surface area contributed by atoms with E-state index in [0.717, 1.165) is 26.2 Å². The van der Waals surface area contributed by atoms with Crippen molar-refractivity contribution in [2.75, 3.05) is 19.6 Å². The molecule has 0 spiro atoms. The van der Waals surface area contributed by atoms with Crippen molar-refractivity contribution in [1.29, 1.82) is 0 Å². The first-order valence-corrected chi connectivity index (χ1v) is 6.51. The van der Waals surface area contributed by atoms with Crippen molar-refractivity contribution >= 4 is 0 Å². The molecule has 0 amide bonds. The summed E-state index contributed by atoms with van der Waals surface area (Å²) in [5.74, 6) is 0.363. The van der Waals surface area contributed by atoms with Crippen LogP contribution in [0.15, 0.2) is 24.3 Å². The van der Waals surface area contributed by atoms with Crippen molar-refractivity contribution in [2.45, 2.75) is 32.4 Å². The standard InChI is InChI=1S/C14H22N2O/c1-2-13-11-16(8-4-7-15-13)10-12-5-3-6-14(17)9-12/h3,5-6,9,13,15,17H,2,4,7-8,10-11H2,1H3. The van der Waals surface area contributed by atoms with Crippen LogP contribution < -0.4 is 5.32 Å². The third kappa shape index (κ3) is 3.72. The molecule has 1 saturated heterocycles. The van der Waals surface area contributed by atoms with Gasteiger partial charge in [-0.25, -0.2) is 0 Å². The van der Waals surface area contributed by atoms with Crippen molar-refractivity contribution in [3.63, 3.8) is 0 Å². The number of phenols is 1. The van der Waals surface area contributed by atoms with Gasteiger partial charge in [-0.1, -0.05) is 19.1 Å². The molecule has 1 heterocycles. The van der Waals surface area contributed by atoms with Crippen LogP contribution in [0.5, 0.6) is 5.75 Å². The second kappa shape index (κ2) is 6.03. The number of rotatable bonds is 3. The Labute approximate surface area is 103 Å². The fourth-order valence-electron chi connectivity index (χ4n) is 2.41. The number of hydrogen-bond acceptors (Lipinski definition) is 3. The average Bonchev–Trinajstić information content (AvgIpc) is 2.54. The van der Waals surface area contributed by atoms with Gasteiger partial charge in [-0.3, -0.25) is 4.90 Å². The van der Waals surface area contributed by atoms with Gasteiger partial charge >= 0.3 is 0 Å². The van der Waals surface area contributed by atoms with E-state index in [1.807, 2.05) is 12.1 Å². The molecule has 94 valence electrons. The van der Waals surface area contributed by atoms with E-state index in [9.17, 15) is 5.11 Å². The molecule has 1 aliphatic heterocycles. The van der Waals surface area contributed by atoms with E-state index in [4.69, 9.17) is 0 Å². The van der Waals surface area contributed by atoms with E-state index in [1.165, 1.54) is 18.4 Å². The number of benzene rings is 1. The lowest BCUT2D eigenvalue weighted by Gasteiger charge is -2.23. The molecule has 0 saturated carbocycles. The molecular formula is C14H22N2O. The fourth-order valence-corrected chi connectivity index (χ4v) is 2.41. The zero-order valence-corrected chi connectivity index (χ0v) is 10.5. The van der Waals surface area contributed by atoms with E-state index in [2.05, 4.69) is 23.2 Å². The van der Waals surface area contributed by atoms with Gasteiger partial charge in [-0.15, -0.1) is 0 Å². The number of aromatic hydroxyl groups is 1. The lowest BCUT2D eigenvalue weighted by molar-refractivity contribution is 0.257. The third-order valence-electron chi connectivity index (χ3n) is 3.37. The minimum absolute atomic E-state index is 0.363. The van der Waals surface area contributed by atoms with E-state index in [-0.39, 0.29) is 0 Å². The quantitative estimate of drug-likeness (QED) is 0.839. The molecule has 3 nitrogen and oxygen atoms in total. The van der Waals surface area contributed by atoms with Crippen molar-refractivity contribution in [3.05, 3.63) is 29.8 Å². The maximum atomic E-state index is 9.47. The Bertz CT molecular complexity index is 354. The van der Waals surface area contributed by atoms with Crippen LogP contribution in [0.3, 0.4) is 0 Å². The minimum Gasteiger partial charge on any atom is -0.508 e. The van der Waals surface area contributed by atoms with E-state index in [1.54, 1.807) is 6.07 Å². The van der Waals surface area contributed by atoms with Crippen LogP contribution in [0.2, 0.25) is 0 Å². The van der Waals surface area contributed by atoms with Gasteiger partial charge in [0.05, 0.1) is 0 Å². The summed E-state index contributed by atoms with van der Waals surface area (Å²) < 4.78 is 0. The van der Waals surface area contributed by atoms with Gasteiger partial charge in [0.1, 0.15) is 5.75 Å². The highest BCUT2D eigenvalue weighted by atomic mass is 16.3. The summed E-state index contributed by atoms with van der Waals surface area (Å²) in [6.45, 7) is 6.53. The number of phenolic OH excluding ortho intramolecular Hbond substituents is 1. The lowest BCUT2D eigenvalue weighted by Crippen LogP contribution is -2.36. The van der Waals surface area contributed by atoms with Gasteiger partial charge in [-0.2, -0.15) is 0 Å². The third-order valence-corrected chi connectivity index (χ3v) is 3.37. The Balaban J connectivity index is 1.97. The summed E-state index contributed by atoms with van der Waals surface area (Å²) in [6, 6.07) is 8.19. The minimum atomic E-state index is 0.363. The second-order valence-electron chi connectivity index (χ2n) is 4.82. The van der Waals surface area contributed by atoms with E-state index >= 15 is 0 Å². The Morgan fingerprint density at radius 3 is 3.12 bits per heavy atom. The zero-order chi connectivity index (χ0) is 12.1. The van der Waals surface area contributed by atoms with Crippen LogP contribution in [0.4, 0.5) is 0 Å². The summed E-state index contributed by atoms with van der Waals surface area (Å²) in [5, 5.41) is 13.0. The summed E-state index contributed by atoms with van der Waals surface area (Å²) in [5.41, 5.74) is 1.20. The number of nitrogens with one attached hydrogen (secondary N) is 1. The molecule has 2 rings (SSSR count). The monoisotopic (exact) mass is 234 g/mol. The van der Waals surface area contributed by atoms with Crippen molar-refractivity contribution in [3.8, 4) is 5.75 Å². The lowest BCUT2D eigenvalue weighted by atomic mass is 10.1. The van der Waals surface area contributed by atoms with Gasteiger partial charge in [0.2, 0.25) is 0 Å². The highest BCUT2D eigenvalue weighted by molar-refractivity contribution is 5.27. The van der Waals surface area contributed by atoms with Crippen molar-refractivity contribution in [2.24, 2.45) is 0 Å². The molecule has 0 radical (unpaired) electrons. The number of hydrogen-bond donors (Lipinski definition) is 2. The Kier molecular flexibility index (Phi) is 4.40. The van der Waals surface area contributed by atoms with Crippen LogP contribution in [-0.2, 0) is 6.54 Å². The molecule has 1 fully saturated rings. The topological polar surface area (TPSA) is 35.5 Å². The fraction of sp³-hybridized carbons (Fsp3) is 0.571. The summed E-state index contributed by atoms with van der Waals surface area (Å²) in [6.07, 6.45) is 2.38. The first-order chi connectivity index (χ1) is 8.28. The van der Waals surface area contributed by atoms with Gasteiger partial charge < -0.3 is 10.4 Å². The molecule has 0 bridgehead atoms. The van der Waals surface area contributed by atoms with Crippen molar-refractivity contribution in [1.82, 2.24) is 10.2 Å². The molecule has 1 aliphatic rings. The van der Waals surface area contributed by atoms with Gasteiger partial charge in [0, 0.05) is 19.1 Å². The van der Waals surface area contributed by atoms with Crippen LogP contribution in [-0.4, -0.2) is 35.7 Å². The van der Waals surface area contributed by atoms with Crippen molar-refractivity contribution < 1.29 is 5.11 Å². The van der Waals surface area contributed by atoms with Crippen LogP contribution in [0.25, 0.3) is 0 Å². The zero-order valence-electron chi connectivity index (χ0n) is 10.5. The molecule has 3 heteroatoms. The molecule has 1 aromatic carbocycles. The highest BCUT2D eigenvalue weighted by Gasteiger charge is 2.16. The van der Waals surface area contributed by atoms with Gasteiger partial charge in [-0.05, 0) is 43.6 Å². The average molecular weight is 234 g/mol. The summed E-state index contributed by atoms with van der Waals surface area (Å²) in [7, 11) is 0. The van der Waals surface area contributed by atoms with E-state index < -0.39 is 0 Å². The maximum Gasteiger partial charge on any atom is 0.115 e. The van der Waals surface area contributed by atoms with Crippen LogP contribution in [0, 0.1) is 0 Å². The predicted octanol–water partition coefficient (Wildman–Crippen LogP) is 1.97. The second-order valence-corrected chi connectivity index (χ2v) is 4.82. The Morgan fingerprint density at radius 1 is 1.47 bits per heavy atom. The van der Waals surface area contributed by atoms with E-state index in [0.29, 0.717) is 11.8 Å².